The highest BCUT2D eigenvalue weighted by Crippen LogP contribution is 2.37. The number of piperidine rings is 1. The number of hydrogen-bond acceptors (Lipinski definition) is 5. The topological polar surface area (TPSA) is 117 Å². The first-order valence-electron chi connectivity index (χ1n) is 8.26. The van der Waals surface area contributed by atoms with E-state index < -0.39 is 15.9 Å². The van der Waals surface area contributed by atoms with Gasteiger partial charge in [0.2, 0.25) is 5.91 Å². The van der Waals surface area contributed by atoms with Crippen molar-refractivity contribution in [1.29, 1.82) is 0 Å². The maximum Gasteiger partial charge on any atom is 0.274 e. The van der Waals surface area contributed by atoms with E-state index in [1.54, 1.807) is 0 Å². The smallest absolute Gasteiger partial charge is 0.274 e. The van der Waals surface area contributed by atoms with Gasteiger partial charge in [-0.15, -0.1) is 12.3 Å². The van der Waals surface area contributed by atoms with Crippen LogP contribution in [0.4, 0.5) is 0 Å². The highest BCUT2D eigenvalue weighted by atomic mass is 32.2. The first kappa shape index (κ1) is 18.8. The second kappa shape index (κ2) is 8.05. The molecule has 1 fully saturated rings. The summed E-state index contributed by atoms with van der Waals surface area (Å²) in [5.41, 5.74) is -0.403. The Labute approximate surface area is 143 Å². The molecular weight excluding hydrogens is 330 g/mol. The van der Waals surface area contributed by atoms with Crippen molar-refractivity contribution in [3.63, 3.8) is 0 Å². The Morgan fingerprint density at radius 3 is 2.54 bits per heavy atom. The second-order valence-corrected chi connectivity index (χ2v) is 7.82. The van der Waals surface area contributed by atoms with E-state index >= 15 is 0 Å². The molecule has 0 radical (unpaired) electrons. The monoisotopic (exact) mass is 355 g/mol. The summed E-state index contributed by atoms with van der Waals surface area (Å²) in [6.45, 7) is 1.77. The Morgan fingerprint density at radius 2 is 2.00 bits per heavy atom. The molecule has 1 amide bonds. The molecule has 0 unspecified atom stereocenters. The number of amides is 1. The standard InChI is InChI=1S/C15H25N5O3S/c1-2-3-8-15(18-19-15)9-4-14(21)20-11-6-13(7-12-20)5-10-17-24(16,22)23/h1,13,17H,3-12H2,(H2,16,22,23). The van der Waals surface area contributed by atoms with Gasteiger partial charge in [0, 0.05) is 45.3 Å². The van der Waals surface area contributed by atoms with Crippen LogP contribution in [0.1, 0.15) is 44.9 Å². The maximum absolute atomic E-state index is 12.3. The van der Waals surface area contributed by atoms with Gasteiger partial charge in [-0.1, -0.05) is 0 Å². The fourth-order valence-corrected chi connectivity index (χ4v) is 3.41. The van der Waals surface area contributed by atoms with E-state index in [2.05, 4.69) is 20.9 Å². The van der Waals surface area contributed by atoms with Crippen molar-refractivity contribution in [3.8, 4) is 12.3 Å². The molecule has 1 saturated heterocycles. The molecule has 0 bridgehead atoms. The van der Waals surface area contributed by atoms with Crippen molar-refractivity contribution in [3.05, 3.63) is 0 Å². The Balaban J connectivity index is 1.63. The number of carbonyl (C=O) groups excluding carboxylic acids is 1. The van der Waals surface area contributed by atoms with Crippen molar-refractivity contribution in [2.75, 3.05) is 19.6 Å². The van der Waals surface area contributed by atoms with E-state index in [0.29, 0.717) is 44.8 Å². The number of terminal acetylenes is 1. The highest BCUT2D eigenvalue weighted by Gasteiger charge is 2.39. The number of nitrogens with two attached hydrogens (primary N) is 1. The summed E-state index contributed by atoms with van der Waals surface area (Å²) in [6.07, 6.45) is 10.2. The van der Waals surface area contributed by atoms with Crippen LogP contribution >= 0.6 is 0 Å². The van der Waals surface area contributed by atoms with Crippen molar-refractivity contribution < 1.29 is 13.2 Å². The Hall–Kier alpha value is -1.50. The summed E-state index contributed by atoms with van der Waals surface area (Å²) >= 11 is 0. The fourth-order valence-electron chi connectivity index (χ4n) is 3.01. The number of carbonyl (C=O) groups is 1. The SMILES string of the molecule is C#CCCC1(CCC(=O)N2CCC(CCNS(N)(=O)=O)CC2)N=N1. The Morgan fingerprint density at radius 1 is 1.33 bits per heavy atom. The molecule has 8 nitrogen and oxygen atoms in total. The normalized spacial score (nSPS) is 19.9. The van der Waals surface area contributed by atoms with Gasteiger partial charge in [0.1, 0.15) is 0 Å². The van der Waals surface area contributed by atoms with Crippen molar-refractivity contribution >= 4 is 16.1 Å². The molecule has 3 N–H and O–H groups in total. The van der Waals surface area contributed by atoms with Crippen LogP contribution in [0.25, 0.3) is 0 Å². The minimum atomic E-state index is -3.62. The van der Waals surface area contributed by atoms with Crippen LogP contribution in [-0.4, -0.2) is 44.5 Å². The van der Waals surface area contributed by atoms with Crippen LogP contribution in [0, 0.1) is 18.3 Å². The minimum Gasteiger partial charge on any atom is -0.343 e. The molecule has 0 aromatic carbocycles. The molecule has 9 heteroatoms. The molecule has 2 rings (SSSR count). The van der Waals surface area contributed by atoms with Crippen molar-refractivity contribution in [1.82, 2.24) is 9.62 Å². The quantitative estimate of drug-likeness (QED) is 0.595. The number of nitrogens with zero attached hydrogens (tertiary/aromatic N) is 3. The van der Waals surface area contributed by atoms with Crippen LogP contribution < -0.4 is 9.86 Å². The zero-order valence-electron chi connectivity index (χ0n) is 13.8. The van der Waals surface area contributed by atoms with Crippen LogP contribution in [-0.2, 0) is 15.0 Å². The lowest BCUT2D eigenvalue weighted by Gasteiger charge is -2.32. The van der Waals surface area contributed by atoms with Gasteiger partial charge in [-0.05, 0) is 25.2 Å². The van der Waals surface area contributed by atoms with Gasteiger partial charge in [0.05, 0.1) is 0 Å². The van der Waals surface area contributed by atoms with Crippen LogP contribution in [0.3, 0.4) is 0 Å². The molecule has 24 heavy (non-hydrogen) atoms. The van der Waals surface area contributed by atoms with E-state index in [9.17, 15) is 13.2 Å². The van der Waals surface area contributed by atoms with Gasteiger partial charge >= 0.3 is 0 Å². The van der Waals surface area contributed by atoms with Gasteiger partial charge in [-0.2, -0.15) is 18.6 Å². The molecule has 134 valence electrons. The summed E-state index contributed by atoms with van der Waals surface area (Å²) < 4.78 is 23.9. The third kappa shape index (κ3) is 6.19. The Bertz CT molecular complexity index is 612. The predicted molar refractivity (Wildman–Crippen MR) is 89.9 cm³/mol. The summed E-state index contributed by atoms with van der Waals surface area (Å²) in [5.74, 6) is 3.13. The number of likely N-dealkylation sites (tertiary alicyclic amines) is 1. The predicted octanol–water partition coefficient (Wildman–Crippen LogP) is 0.764. The third-order valence-electron chi connectivity index (χ3n) is 4.61. The summed E-state index contributed by atoms with van der Waals surface area (Å²) in [6, 6.07) is 0. The molecule has 2 aliphatic rings. The average molecular weight is 355 g/mol. The van der Waals surface area contributed by atoms with Crippen LogP contribution in [0.15, 0.2) is 10.2 Å². The first-order valence-corrected chi connectivity index (χ1v) is 9.81. The third-order valence-corrected chi connectivity index (χ3v) is 5.22. The van der Waals surface area contributed by atoms with Gasteiger partial charge in [-0.3, -0.25) is 4.79 Å². The molecule has 0 aromatic heterocycles. The van der Waals surface area contributed by atoms with E-state index in [1.165, 1.54) is 0 Å². The molecule has 2 heterocycles. The van der Waals surface area contributed by atoms with Crippen molar-refractivity contribution in [2.24, 2.45) is 21.3 Å². The van der Waals surface area contributed by atoms with Gasteiger partial charge in [0.25, 0.3) is 10.2 Å². The second-order valence-electron chi connectivity index (χ2n) is 6.44. The molecule has 2 aliphatic heterocycles. The molecular formula is C15H25N5O3S. The highest BCUT2D eigenvalue weighted by molar-refractivity contribution is 7.87. The minimum absolute atomic E-state index is 0.133. The van der Waals surface area contributed by atoms with Crippen LogP contribution in [0.2, 0.25) is 0 Å². The lowest BCUT2D eigenvalue weighted by Crippen LogP contribution is -2.40. The summed E-state index contributed by atoms with van der Waals surface area (Å²) in [4.78, 5) is 14.2. The van der Waals surface area contributed by atoms with Crippen LogP contribution in [0.5, 0.6) is 0 Å². The first-order chi connectivity index (χ1) is 11.3. The van der Waals surface area contributed by atoms with E-state index in [0.717, 1.165) is 25.7 Å². The zero-order chi connectivity index (χ0) is 17.6. The van der Waals surface area contributed by atoms with E-state index in [1.807, 2.05) is 4.90 Å². The summed E-state index contributed by atoms with van der Waals surface area (Å²) in [5, 5.41) is 13.0. The fraction of sp³-hybridized carbons (Fsp3) is 0.800. The van der Waals surface area contributed by atoms with Gasteiger partial charge in [-0.25, -0.2) is 9.86 Å². The lowest BCUT2D eigenvalue weighted by atomic mass is 9.93. The van der Waals surface area contributed by atoms with Gasteiger partial charge < -0.3 is 4.90 Å². The average Bonchev–Trinajstić information content (AvgIpc) is 3.31. The molecule has 0 aliphatic carbocycles. The van der Waals surface area contributed by atoms with Crippen molar-refractivity contribution in [2.45, 2.75) is 50.6 Å². The zero-order valence-corrected chi connectivity index (χ0v) is 14.6. The number of nitrogens with one attached hydrogen (secondary N) is 1. The molecule has 0 saturated carbocycles. The molecule has 0 atom stereocenters. The lowest BCUT2D eigenvalue weighted by molar-refractivity contribution is -0.132. The van der Waals surface area contributed by atoms with Gasteiger partial charge in [0.15, 0.2) is 5.66 Å². The largest absolute Gasteiger partial charge is 0.343 e. The number of hydrogen-bond donors (Lipinski definition) is 2. The molecule has 0 aromatic rings. The summed E-state index contributed by atoms with van der Waals surface area (Å²) in [7, 11) is -3.62. The van der Waals surface area contributed by atoms with E-state index in [-0.39, 0.29) is 5.91 Å². The van der Waals surface area contributed by atoms with E-state index in [4.69, 9.17) is 11.6 Å². The maximum atomic E-state index is 12.3. The molecule has 0 spiro atoms. The number of rotatable bonds is 9. The Kier molecular flexibility index (Phi) is 6.32.